The maximum Gasteiger partial charge on any atom is 0.256 e. The number of halogens is 1. The highest BCUT2D eigenvalue weighted by Crippen LogP contribution is 2.18. The minimum atomic E-state index is -0.318. The summed E-state index contributed by atoms with van der Waals surface area (Å²) in [6.07, 6.45) is 0. The molecule has 3 nitrogen and oxygen atoms in total. The first-order valence-electron chi connectivity index (χ1n) is 7.82. The molecule has 0 saturated carbocycles. The maximum atomic E-state index is 12.8. The molecule has 0 aliphatic carbocycles. The van der Waals surface area contributed by atoms with Crippen molar-refractivity contribution in [3.63, 3.8) is 0 Å². The number of hydrogen-bond acceptors (Lipinski definition) is 2. The molecule has 4 heteroatoms. The second-order valence-electron chi connectivity index (χ2n) is 5.70. The van der Waals surface area contributed by atoms with Crippen molar-refractivity contribution in [2.24, 2.45) is 0 Å². The lowest BCUT2D eigenvalue weighted by Crippen LogP contribution is -2.16. The zero-order valence-electron chi connectivity index (χ0n) is 13.6. The molecule has 0 heterocycles. The van der Waals surface area contributed by atoms with Gasteiger partial charge < -0.3 is 5.32 Å². The van der Waals surface area contributed by atoms with Crippen molar-refractivity contribution in [2.45, 2.75) is 6.92 Å². The van der Waals surface area contributed by atoms with E-state index < -0.39 is 0 Å². The van der Waals surface area contributed by atoms with Gasteiger partial charge in [0.2, 0.25) is 0 Å². The Morgan fingerprint density at radius 2 is 1.40 bits per heavy atom. The zero-order valence-corrected chi connectivity index (χ0v) is 14.4. The summed E-state index contributed by atoms with van der Waals surface area (Å²) in [6.45, 7) is 1.98. The molecule has 3 aromatic carbocycles. The number of nitrogens with one attached hydrogen (secondary N) is 1. The molecule has 0 aliphatic heterocycles. The van der Waals surface area contributed by atoms with Crippen molar-refractivity contribution < 1.29 is 9.59 Å². The molecule has 0 aliphatic rings. The smallest absolute Gasteiger partial charge is 0.256 e. The molecule has 0 bridgehead atoms. The van der Waals surface area contributed by atoms with Gasteiger partial charge in [0, 0.05) is 21.8 Å². The minimum Gasteiger partial charge on any atom is -0.322 e. The second kappa shape index (κ2) is 7.32. The molecule has 0 aromatic heterocycles. The lowest BCUT2D eigenvalue weighted by atomic mass is 9.98. The summed E-state index contributed by atoms with van der Waals surface area (Å²) in [5.41, 5.74) is 2.97. The first kappa shape index (κ1) is 16.9. The van der Waals surface area contributed by atoms with Crippen LogP contribution < -0.4 is 5.32 Å². The van der Waals surface area contributed by atoms with Gasteiger partial charge in [-0.2, -0.15) is 0 Å². The first-order chi connectivity index (χ1) is 12.0. The monoisotopic (exact) mass is 349 g/mol. The van der Waals surface area contributed by atoms with E-state index in [1.165, 1.54) is 0 Å². The number of aryl methyl sites for hydroxylation is 1. The van der Waals surface area contributed by atoms with Gasteiger partial charge in [-0.3, -0.25) is 9.59 Å². The second-order valence-corrected chi connectivity index (χ2v) is 6.14. The molecule has 1 amide bonds. The van der Waals surface area contributed by atoms with Crippen molar-refractivity contribution in [2.75, 3.05) is 5.32 Å². The zero-order chi connectivity index (χ0) is 17.8. The van der Waals surface area contributed by atoms with Crippen LogP contribution in [0.25, 0.3) is 0 Å². The van der Waals surface area contributed by atoms with Gasteiger partial charge in [0.1, 0.15) is 0 Å². The molecule has 0 spiro atoms. The summed E-state index contributed by atoms with van der Waals surface area (Å²) in [6, 6.07) is 20.9. The van der Waals surface area contributed by atoms with Gasteiger partial charge in [-0.15, -0.1) is 0 Å². The fourth-order valence-corrected chi connectivity index (χ4v) is 2.60. The summed E-state index contributed by atoms with van der Waals surface area (Å²) < 4.78 is 0. The number of hydrogen-bond donors (Lipinski definition) is 1. The highest BCUT2D eigenvalue weighted by atomic mass is 35.5. The van der Waals surface area contributed by atoms with E-state index in [-0.39, 0.29) is 11.7 Å². The summed E-state index contributed by atoms with van der Waals surface area (Å²) in [5, 5.41) is 3.39. The standard InChI is InChI=1S/C21H16ClNO2/c1-14-6-12-17(13-7-14)23-21(25)19-5-3-2-4-18(19)20(24)15-8-10-16(22)11-9-15/h2-13H,1H3,(H,23,25). The topological polar surface area (TPSA) is 46.2 Å². The van der Waals surface area contributed by atoms with Crippen LogP contribution in [0.4, 0.5) is 5.69 Å². The van der Waals surface area contributed by atoms with Crippen molar-refractivity contribution in [1.82, 2.24) is 0 Å². The Morgan fingerprint density at radius 3 is 2.04 bits per heavy atom. The SMILES string of the molecule is Cc1ccc(NC(=O)c2ccccc2C(=O)c2ccc(Cl)cc2)cc1. The number of anilines is 1. The third kappa shape index (κ3) is 3.95. The lowest BCUT2D eigenvalue weighted by Gasteiger charge is -2.10. The fraction of sp³-hybridized carbons (Fsp3) is 0.0476. The van der Waals surface area contributed by atoms with Crippen LogP contribution in [0.3, 0.4) is 0 Å². The van der Waals surface area contributed by atoms with E-state index in [0.29, 0.717) is 27.4 Å². The van der Waals surface area contributed by atoms with Crippen molar-refractivity contribution >= 4 is 29.0 Å². The van der Waals surface area contributed by atoms with E-state index in [1.54, 1.807) is 48.5 Å². The molecule has 124 valence electrons. The van der Waals surface area contributed by atoms with Crippen LogP contribution in [0.15, 0.2) is 72.8 Å². The molecule has 0 atom stereocenters. The van der Waals surface area contributed by atoms with E-state index in [9.17, 15) is 9.59 Å². The Labute approximate surface area is 151 Å². The van der Waals surface area contributed by atoms with Gasteiger partial charge in [0.25, 0.3) is 5.91 Å². The van der Waals surface area contributed by atoms with E-state index in [2.05, 4.69) is 5.32 Å². The Morgan fingerprint density at radius 1 is 0.800 bits per heavy atom. The van der Waals surface area contributed by atoms with Crippen LogP contribution in [0.1, 0.15) is 31.8 Å². The third-order valence-corrected chi connectivity index (χ3v) is 4.08. The van der Waals surface area contributed by atoms with Gasteiger partial charge in [0.15, 0.2) is 5.78 Å². The molecule has 3 aromatic rings. The number of ketones is 1. The Hall–Kier alpha value is -2.91. The minimum absolute atomic E-state index is 0.216. The van der Waals surface area contributed by atoms with Crippen LogP contribution >= 0.6 is 11.6 Å². The molecular formula is C21H16ClNO2. The van der Waals surface area contributed by atoms with Crippen LogP contribution in [-0.4, -0.2) is 11.7 Å². The summed E-state index contributed by atoms with van der Waals surface area (Å²) in [4.78, 5) is 25.4. The third-order valence-electron chi connectivity index (χ3n) is 3.83. The van der Waals surface area contributed by atoms with E-state index in [1.807, 2.05) is 31.2 Å². The molecular weight excluding hydrogens is 334 g/mol. The average Bonchev–Trinajstić information content (AvgIpc) is 2.63. The van der Waals surface area contributed by atoms with Crippen molar-refractivity contribution in [1.29, 1.82) is 0 Å². The number of carbonyl (C=O) groups is 2. The average molecular weight is 350 g/mol. The molecule has 0 saturated heterocycles. The van der Waals surface area contributed by atoms with Gasteiger partial charge in [0.05, 0.1) is 5.56 Å². The number of rotatable bonds is 4. The molecule has 0 fully saturated rings. The highest BCUT2D eigenvalue weighted by molar-refractivity contribution is 6.30. The van der Waals surface area contributed by atoms with Crippen LogP contribution in [0, 0.1) is 6.92 Å². The number of carbonyl (C=O) groups excluding carboxylic acids is 2. The summed E-state index contributed by atoms with van der Waals surface area (Å²) >= 11 is 5.87. The normalized spacial score (nSPS) is 10.3. The Kier molecular flexibility index (Phi) is 4.96. The van der Waals surface area contributed by atoms with Crippen LogP contribution in [-0.2, 0) is 0 Å². The van der Waals surface area contributed by atoms with Gasteiger partial charge in [-0.05, 0) is 49.4 Å². The molecule has 1 N–H and O–H groups in total. The maximum absolute atomic E-state index is 12.8. The number of amides is 1. The summed E-state index contributed by atoms with van der Waals surface area (Å²) in [5.74, 6) is -0.534. The van der Waals surface area contributed by atoms with Crippen molar-refractivity contribution in [3.8, 4) is 0 Å². The molecule has 3 rings (SSSR count). The molecule has 0 radical (unpaired) electrons. The van der Waals surface area contributed by atoms with E-state index in [0.717, 1.165) is 5.56 Å². The predicted octanol–water partition coefficient (Wildman–Crippen LogP) is 5.13. The van der Waals surface area contributed by atoms with E-state index in [4.69, 9.17) is 11.6 Å². The van der Waals surface area contributed by atoms with Gasteiger partial charge in [-0.1, -0.05) is 47.5 Å². The highest BCUT2D eigenvalue weighted by Gasteiger charge is 2.18. The quantitative estimate of drug-likeness (QED) is 0.663. The fourth-order valence-electron chi connectivity index (χ4n) is 2.47. The first-order valence-corrected chi connectivity index (χ1v) is 8.20. The van der Waals surface area contributed by atoms with Crippen molar-refractivity contribution in [3.05, 3.63) is 100 Å². The van der Waals surface area contributed by atoms with E-state index >= 15 is 0 Å². The Bertz CT molecular complexity index is 915. The van der Waals surface area contributed by atoms with Gasteiger partial charge >= 0.3 is 0 Å². The molecule has 25 heavy (non-hydrogen) atoms. The van der Waals surface area contributed by atoms with Crippen LogP contribution in [0.2, 0.25) is 5.02 Å². The molecule has 0 unspecified atom stereocenters. The number of benzene rings is 3. The van der Waals surface area contributed by atoms with Crippen LogP contribution in [0.5, 0.6) is 0 Å². The summed E-state index contributed by atoms with van der Waals surface area (Å²) in [7, 11) is 0. The largest absolute Gasteiger partial charge is 0.322 e. The Balaban J connectivity index is 1.89. The lowest BCUT2D eigenvalue weighted by molar-refractivity contribution is 0.0996. The van der Waals surface area contributed by atoms with Gasteiger partial charge in [-0.25, -0.2) is 0 Å². The predicted molar refractivity (Wildman–Crippen MR) is 100 cm³/mol.